The summed E-state index contributed by atoms with van der Waals surface area (Å²) in [6.45, 7) is 4.05. The van der Waals surface area contributed by atoms with Crippen molar-refractivity contribution in [3.05, 3.63) is 22.7 Å². The highest BCUT2D eigenvalue weighted by Gasteiger charge is 2.04. The van der Waals surface area contributed by atoms with E-state index in [1.807, 2.05) is 32.2 Å². The highest BCUT2D eigenvalue weighted by Crippen LogP contribution is 2.30. The zero-order chi connectivity index (χ0) is 11.1. The minimum absolute atomic E-state index is 0.637. The lowest BCUT2D eigenvalue weighted by atomic mass is 10.3. The van der Waals surface area contributed by atoms with Gasteiger partial charge in [-0.15, -0.1) is 0 Å². The molecule has 0 amide bonds. The van der Waals surface area contributed by atoms with Gasteiger partial charge in [-0.25, -0.2) is 0 Å². The third-order valence-corrected chi connectivity index (χ3v) is 2.31. The van der Waals surface area contributed by atoms with Gasteiger partial charge in [-0.05, 0) is 32.2 Å². The Morgan fingerprint density at radius 2 is 2.07 bits per heavy atom. The van der Waals surface area contributed by atoms with Crippen LogP contribution in [0.1, 0.15) is 6.92 Å². The molecule has 0 aliphatic heterocycles. The Morgan fingerprint density at radius 1 is 1.27 bits per heavy atom. The Kier molecular flexibility index (Phi) is 5.50. The molecular weight excluding hydrogens is 258 g/mol. The van der Waals surface area contributed by atoms with Gasteiger partial charge in [-0.3, -0.25) is 0 Å². The van der Waals surface area contributed by atoms with Crippen LogP contribution in [0.4, 0.5) is 0 Å². The summed E-state index contributed by atoms with van der Waals surface area (Å²) in [5, 5.41) is 3.03. The first-order valence-corrected chi connectivity index (χ1v) is 5.77. The number of rotatable bonds is 6. The Labute approximate surface area is 98.9 Å². The number of likely N-dealkylation sites (N-methyl/N-ethyl adjacent to an activating group) is 1. The second-order valence-electron chi connectivity index (χ2n) is 2.98. The van der Waals surface area contributed by atoms with Crippen LogP contribution in [-0.2, 0) is 0 Å². The van der Waals surface area contributed by atoms with Gasteiger partial charge in [0.05, 0.1) is 6.61 Å². The smallest absolute Gasteiger partial charge is 0.162 e. The predicted octanol–water partition coefficient (Wildman–Crippen LogP) is 2.45. The molecule has 1 aromatic carbocycles. The van der Waals surface area contributed by atoms with Crippen LogP contribution in [0.5, 0.6) is 11.5 Å². The van der Waals surface area contributed by atoms with Gasteiger partial charge in [-0.1, -0.05) is 15.9 Å². The van der Waals surface area contributed by atoms with Crippen molar-refractivity contribution in [2.75, 3.05) is 26.8 Å². The van der Waals surface area contributed by atoms with E-state index < -0.39 is 0 Å². The van der Waals surface area contributed by atoms with Crippen LogP contribution in [0.25, 0.3) is 0 Å². The second-order valence-corrected chi connectivity index (χ2v) is 3.89. The van der Waals surface area contributed by atoms with E-state index in [0.717, 1.165) is 22.5 Å². The average molecular weight is 274 g/mol. The zero-order valence-electron chi connectivity index (χ0n) is 9.05. The maximum atomic E-state index is 5.58. The molecule has 0 unspecified atom stereocenters. The van der Waals surface area contributed by atoms with E-state index in [1.54, 1.807) is 0 Å². The molecule has 0 spiro atoms. The quantitative estimate of drug-likeness (QED) is 0.808. The van der Waals surface area contributed by atoms with Gasteiger partial charge >= 0.3 is 0 Å². The van der Waals surface area contributed by atoms with Crippen molar-refractivity contribution >= 4 is 15.9 Å². The summed E-state index contributed by atoms with van der Waals surface area (Å²) in [7, 11) is 1.90. The number of ether oxygens (including phenoxy) is 2. The van der Waals surface area contributed by atoms with E-state index in [9.17, 15) is 0 Å². The topological polar surface area (TPSA) is 30.5 Å². The van der Waals surface area contributed by atoms with E-state index in [4.69, 9.17) is 9.47 Å². The van der Waals surface area contributed by atoms with E-state index in [2.05, 4.69) is 21.2 Å². The summed E-state index contributed by atoms with van der Waals surface area (Å²) in [5.41, 5.74) is 0. The number of hydrogen-bond acceptors (Lipinski definition) is 3. The molecule has 0 bridgehead atoms. The molecule has 0 radical (unpaired) electrons. The van der Waals surface area contributed by atoms with Crippen molar-refractivity contribution in [1.82, 2.24) is 5.32 Å². The Balaban J connectivity index is 2.67. The summed E-state index contributed by atoms with van der Waals surface area (Å²) < 4.78 is 12.0. The Morgan fingerprint density at radius 3 is 2.73 bits per heavy atom. The first-order chi connectivity index (χ1) is 7.27. The van der Waals surface area contributed by atoms with Crippen molar-refractivity contribution < 1.29 is 9.47 Å². The van der Waals surface area contributed by atoms with Crippen molar-refractivity contribution in [3.8, 4) is 11.5 Å². The molecule has 1 N–H and O–H groups in total. The van der Waals surface area contributed by atoms with Gasteiger partial charge in [0.25, 0.3) is 0 Å². The summed E-state index contributed by atoms with van der Waals surface area (Å²) in [5.74, 6) is 1.57. The Bertz CT molecular complexity index is 305. The zero-order valence-corrected chi connectivity index (χ0v) is 10.6. The van der Waals surface area contributed by atoms with Crippen molar-refractivity contribution in [1.29, 1.82) is 0 Å². The van der Waals surface area contributed by atoms with Crippen LogP contribution in [0.2, 0.25) is 0 Å². The molecule has 0 aromatic heterocycles. The van der Waals surface area contributed by atoms with Crippen molar-refractivity contribution in [2.24, 2.45) is 0 Å². The highest BCUT2D eigenvalue weighted by atomic mass is 79.9. The third kappa shape index (κ3) is 4.10. The molecule has 0 fully saturated rings. The third-order valence-electron chi connectivity index (χ3n) is 1.82. The number of nitrogens with one attached hydrogen (secondary N) is 1. The molecular formula is C11H16BrNO2. The van der Waals surface area contributed by atoms with Gasteiger partial charge in [0.1, 0.15) is 6.61 Å². The number of halogens is 1. The molecule has 0 heterocycles. The van der Waals surface area contributed by atoms with Crippen LogP contribution in [0, 0.1) is 0 Å². The molecule has 4 heteroatoms. The fourth-order valence-electron chi connectivity index (χ4n) is 1.13. The fourth-order valence-corrected chi connectivity index (χ4v) is 1.47. The van der Waals surface area contributed by atoms with Gasteiger partial charge < -0.3 is 14.8 Å². The highest BCUT2D eigenvalue weighted by molar-refractivity contribution is 9.10. The molecule has 1 aromatic rings. The van der Waals surface area contributed by atoms with Gasteiger partial charge in [0.15, 0.2) is 11.5 Å². The summed E-state index contributed by atoms with van der Waals surface area (Å²) in [4.78, 5) is 0. The molecule has 0 saturated heterocycles. The van der Waals surface area contributed by atoms with Crippen LogP contribution >= 0.6 is 15.9 Å². The summed E-state index contributed by atoms with van der Waals surface area (Å²) >= 11 is 3.40. The molecule has 0 saturated carbocycles. The first-order valence-electron chi connectivity index (χ1n) is 4.97. The van der Waals surface area contributed by atoms with E-state index in [0.29, 0.717) is 13.2 Å². The normalized spacial score (nSPS) is 10.1. The van der Waals surface area contributed by atoms with E-state index in [-0.39, 0.29) is 0 Å². The first kappa shape index (κ1) is 12.3. The fraction of sp³-hybridized carbons (Fsp3) is 0.455. The van der Waals surface area contributed by atoms with Gasteiger partial charge in [0.2, 0.25) is 0 Å². The summed E-state index contributed by atoms with van der Waals surface area (Å²) in [6, 6.07) is 5.76. The lowest BCUT2D eigenvalue weighted by Crippen LogP contribution is -2.16. The largest absolute Gasteiger partial charge is 0.490 e. The van der Waals surface area contributed by atoms with Crippen LogP contribution in [0.15, 0.2) is 22.7 Å². The average Bonchev–Trinajstić information content (AvgIpc) is 2.22. The van der Waals surface area contributed by atoms with Gasteiger partial charge in [0, 0.05) is 11.0 Å². The second kappa shape index (κ2) is 6.69. The molecule has 0 aliphatic carbocycles. The Hall–Kier alpha value is -0.740. The van der Waals surface area contributed by atoms with Crippen LogP contribution < -0.4 is 14.8 Å². The maximum absolute atomic E-state index is 5.58. The molecule has 84 valence electrons. The maximum Gasteiger partial charge on any atom is 0.162 e. The minimum atomic E-state index is 0.637. The molecule has 0 atom stereocenters. The standard InChI is InChI=1S/C11H16BrNO2/c1-3-14-11-8-9(12)4-5-10(11)15-7-6-13-2/h4-5,8,13H,3,6-7H2,1-2H3. The van der Waals surface area contributed by atoms with Crippen LogP contribution in [0.3, 0.4) is 0 Å². The lowest BCUT2D eigenvalue weighted by molar-refractivity contribution is 0.278. The van der Waals surface area contributed by atoms with E-state index in [1.165, 1.54) is 0 Å². The van der Waals surface area contributed by atoms with Crippen molar-refractivity contribution in [3.63, 3.8) is 0 Å². The number of hydrogen-bond donors (Lipinski definition) is 1. The van der Waals surface area contributed by atoms with Gasteiger partial charge in [-0.2, -0.15) is 0 Å². The van der Waals surface area contributed by atoms with Crippen LogP contribution in [-0.4, -0.2) is 26.8 Å². The number of benzene rings is 1. The SMILES string of the molecule is CCOc1cc(Br)ccc1OCCNC. The lowest BCUT2D eigenvalue weighted by Gasteiger charge is -2.11. The molecule has 1 rings (SSSR count). The van der Waals surface area contributed by atoms with E-state index >= 15 is 0 Å². The molecule has 3 nitrogen and oxygen atoms in total. The molecule has 0 aliphatic rings. The summed E-state index contributed by atoms with van der Waals surface area (Å²) in [6.07, 6.45) is 0. The minimum Gasteiger partial charge on any atom is -0.490 e. The predicted molar refractivity (Wildman–Crippen MR) is 64.7 cm³/mol. The monoisotopic (exact) mass is 273 g/mol. The van der Waals surface area contributed by atoms with Crippen molar-refractivity contribution in [2.45, 2.75) is 6.92 Å². The molecule has 15 heavy (non-hydrogen) atoms.